The molecule has 0 bridgehead atoms. The molecule has 0 amide bonds. The van der Waals surface area contributed by atoms with E-state index in [-0.39, 0.29) is 11.4 Å². The second-order valence-corrected chi connectivity index (χ2v) is 6.28. The molecule has 0 saturated heterocycles. The summed E-state index contributed by atoms with van der Waals surface area (Å²) in [5.41, 5.74) is -1.12. The van der Waals surface area contributed by atoms with Crippen LogP contribution in [0, 0.1) is 11.3 Å². The van der Waals surface area contributed by atoms with E-state index < -0.39 is 23.3 Å². The largest absolute Gasteiger partial charge is 0.468 e. The van der Waals surface area contributed by atoms with Crippen molar-refractivity contribution in [1.82, 2.24) is 19.7 Å². The van der Waals surface area contributed by atoms with E-state index in [1.807, 2.05) is 0 Å². The van der Waals surface area contributed by atoms with Gasteiger partial charge in [-0.1, -0.05) is 11.8 Å². The fourth-order valence-corrected chi connectivity index (χ4v) is 3.18. The quantitative estimate of drug-likeness (QED) is 0.497. The number of benzene rings is 1. The second-order valence-electron chi connectivity index (χ2n) is 5.21. The van der Waals surface area contributed by atoms with E-state index >= 15 is 0 Å². The Morgan fingerprint density at radius 1 is 1.37 bits per heavy atom. The number of carbonyl (C=O) groups excluding carboxylic acids is 1. The van der Waals surface area contributed by atoms with Crippen LogP contribution in [0.5, 0.6) is 0 Å². The third-order valence-electron chi connectivity index (χ3n) is 3.53. The summed E-state index contributed by atoms with van der Waals surface area (Å²) < 4.78 is 45.3. The van der Waals surface area contributed by atoms with Crippen LogP contribution in [0.1, 0.15) is 11.1 Å². The Balaban J connectivity index is 1.98. The standard InChI is InChI=1S/C16H10F3N5O2S/c1-26-13(25)7-24-14-11(6-23-24)15(22-8-21-14)27-10-3-2-9(5-20)12(4-10)16(17,18)19/h2-4,6,8H,7H2,1H3. The van der Waals surface area contributed by atoms with Crippen LogP contribution in [-0.2, 0) is 22.3 Å². The summed E-state index contributed by atoms with van der Waals surface area (Å²) in [7, 11) is 1.24. The molecule has 0 unspecified atom stereocenters. The highest BCUT2D eigenvalue weighted by molar-refractivity contribution is 7.99. The molecule has 1 aromatic carbocycles. The van der Waals surface area contributed by atoms with Crippen molar-refractivity contribution < 1.29 is 22.7 Å². The molecule has 3 rings (SSSR count). The Labute approximate surface area is 154 Å². The van der Waals surface area contributed by atoms with Gasteiger partial charge in [-0.15, -0.1) is 0 Å². The maximum Gasteiger partial charge on any atom is 0.417 e. The lowest BCUT2D eigenvalue weighted by atomic mass is 10.1. The zero-order valence-corrected chi connectivity index (χ0v) is 14.5. The van der Waals surface area contributed by atoms with Gasteiger partial charge in [0.2, 0.25) is 0 Å². The Hall–Kier alpha value is -3.13. The van der Waals surface area contributed by atoms with E-state index in [0.717, 1.165) is 23.9 Å². The molecule has 2 aromatic heterocycles. The first-order chi connectivity index (χ1) is 12.8. The molecule has 0 saturated carbocycles. The van der Waals surface area contributed by atoms with E-state index in [9.17, 15) is 18.0 Å². The lowest BCUT2D eigenvalue weighted by Gasteiger charge is -2.10. The summed E-state index contributed by atoms with van der Waals surface area (Å²) >= 11 is 0.974. The lowest BCUT2D eigenvalue weighted by Crippen LogP contribution is -2.12. The van der Waals surface area contributed by atoms with Crippen LogP contribution in [0.4, 0.5) is 13.2 Å². The van der Waals surface area contributed by atoms with Crippen molar-refractivity contribution >= 4 is 28.8 Å². The Bertz CT molecular complexity index is 1060. The first-order valence-corrected chi connectivity index (χ1v) is 8.17. The van der Waals surface area contributed by atoms with Gasteiger partial charge in [-0.2, -0.15) is 23.5 Å². The van der Waals surface area contributed by atoms with Crippen molar-refractivity contribution in [3.05, 3.63) is 41.9 Å². The molecule has 2 heterocycles. The second kappa shape index (κ2) is 7.24. The molecule has 0 aliphatic carbocycles. The molecule has 0 spiro atoms. The molecule has 3 aromatic rings. The van der Waals surface area contributed by atoms with E-state index in [1.165, 1.54) is 36.5 Å². The number of esters is 1. The molecule has 0 radical (unpaired) electrons. The van der Waals surface area contributed by atoms with Crippen LogP contribution in [0.25, 0.3) is 11.0 Å². The van der Waals surface area contributed by atoms with E-state index in [2.05, 4.69) is 19.8 Å². The van der Waals surface area contributed by atoms with Gasteiger partial charge in [0.1, 0.15) is 17.9 Å². The number of nitrogens with zero attached hydrogens (tertiary/aromatic N) is 5. The van der Waals surface area contributed by atoms with Gasteiger partial charge < -0.3 is 4.74 Å². The topological polar surface area (TPSA) is 93.7 Å². The number of aromatic nitrogens is 4. The number of fused-ring (bicyclic) bond motifs is 1. The van der Waals surface area contributed by atoms with E-state index in [1.54, 1.807) is 0 Å². The normalized spacial score (nSPS) is 11.4. The first-order valence-electron chi connectivity index (χ1n) is 7.36. The number of hydrogen-bond donors (Lipinski definition) is 0. The zero-order valence-electron chi connectivity index (χ0n) is 13.7. The summed E-state index contributed by atoms with van der Waals surface area (Å²) in [4.78, 5) is 19.8. The summed E-state index contributed by atoms with van der Waals surface area (Å²) in [6.07, 6.45) is -1.99. The van der Waals surface area contributed by atoms with Gasteiger partial charge in [0.05, 0.1) is 35.9 Å². The van der Waals surface area contributed by atoms with Crippen LogP contribution in [-0.4, -0.2) is 32.8 Å². The van der Waals surface area contributed by atoms with Crippen molar-refractivity contribution in [2.24, 2.45) is 0 Å². The minimum absolute atomic E-state index is 0.157. The predicted molar refractivity (Wildman–Crippen MR) is 87.6 cm³/mol. The summed E-state index contributed by atoms with van der Waals surface area (Å²) in [5.74, 6) is -0.519. The van der Waals surface area contributed by atoms with Gasteiger partial charge in [-0.05, 0) is 18.2 Å². The third kappa shape index (κ3) is 3.85. The molecule has 0 aliphatic rings. The fourth-order valence-electron chi connectivity index (χ4n) is 2.29. The maximum absolute atomic E-state index is 13.1. The number of rotatable bonds is 4. The molecular weight excluding hydrogens is 383 g/mol. The Kier molecular flexibility index (Phi) is 5.00. The predicted octanol–water partition coefficient (Wildman–Crippen LogP) is 3.04. The number of carbonyl (C=O) groups is 1. The van der Waals surface area contributed by atoms with Crippen molar-refractivity contribution in [3.63, 3.8) is 0 Å². The van der Waals surface area contributed by atoms with E-state index in [0.29, 0.717) is 16.1 Å². The van der Waals surface area contributed by atoms with Gasteiger partial charge in [-0.25, -0.2) is 14.6 Å². The first kappa shape index (κ1) is 18.7. The molecule has 0 N–H and O–H groups in total. The molecular formula is C16H10F3N5O2S. The minimum Gasteiger partial charge on any atom is -0.468 e. The average Bonchev–Trinajstić information content (AvgIpc) is 3.05. The third-order valence-corrected chi connectivity index (χ3v) is 4.54. The summed E-state index contributed by atoms with van der Waals surface area (Å²) in [5, 5.41) is 13.8. The molecule has 27 heavy (non-hydrogen) atoms. The highest BCUT2D eigenvalue weighted by Gasteiger charge is 2.34. The fraction of sp³-hybridized carbons (Fsp3) is 0.188. The smallest absolute Gasteiger partial charge is 0.417 e. The molecule has 0 atom stereocenters. The number of nitriles is 1. The highest BCUT2D eigenvalue weighted by Crippen LogP contribution is 2.37. The van der Waals surface area contributed by atoms with Gasteiger partial charge in [0.25, 0.3) is 0 Å². The van der Waals surface area contributed by atoms with Gasteiger partial charge in [0, 0.05) is 4.90 Å². The number of methoxy groups -OCH3 is 1. The van der Waals surface area contributed by atoms with Crippen molar-refractivity contribution in [2.75, 3.05) is 7.11 Å². The minimum atomic E-state index is -4.64. The number of halogens is 3. The molecule has 11 heteroatoms. The molecule has 0 aliphatic heterocycles. The monoisotopic (exact) mass is 393 g/mol. The van der Waals surface area contributed by atoms with Crippen molar-refractivity contribution in [2.45, 2.75) is 22.6 Å². The Morgan fingerprint density at radius 2 is 2.15 bits per heavy atom. The number of alkyl halides is 3. The highest BCUT2D eigenvalue weighted by atomic mass is 32.2. The van der Waals surface area contributed by atoms with Gasteiger partial charge in [-0.3, -0.25) is 4.79 Å². The van der Waals surface area contributed by atoms with Crippen LogP contribution in [0.2, 0.25) is 0 Å². The summed E-state index contributed by atoms with van der Waals surface area (Å²) in [6.45, 7) is -0.157. The SMILES string of the molecule is COC(=O)Cn1ncc2c(Sc3ccc(C#N)c(C(F)(F)F)c3)ncnc21. The van der Waals surface area contributed by atoms with Crippen molar-refractivity contribution in [3.8, 4) is 6.07 Å². The van der Waals surface area contributed by atoms with Crippen LogP contribution in [0.15, 0.2) is 40.6 Å². The van der Waals surface area contributed by atoms with Crippen LogP contribution >= 0.6 is 11.8 Å². The van der Waals surface area contributed by atoms with Gasteiger partial charge >= 0.3 is 12.1 Å². The number of ether oxygens (including phenoxy) is 1. The maximum atomic E-state index is 13.1. The van der Waals surface area contributed by atoms with E-state index in [4.69, 9.17) is 5.26 Å². The average molecular weight is 393 g/mol. The summed E-state index contributed by atoms with van der Waals surface area (Å²) in [6, 6.07) is 4.96. The van der Waals surface area contributed by atoms with Crippen molar-refractivity contribution in [1.29, 1.82) is 5.26 Å². The zero-order chi connectivity index (χ0) is 19.6. The van der Waals surface area contributed by atoms with Gasteiger partial charge in [0.15, 0.2) is 5.65 Å². The van der Waals surface area contributed by atoms with Crippen LogP contribution in [0.3, 0.4) is 0 Å². The Morgan fingerprint density at radius 3 is 2.81 bits per heavy atom. The number of hydrogen-bond acceptors (Lipinski definition) is 7. The molecule has 0 fully saturated rings. The van der Waals surface area contributed by atoms with Crippen LogP contribution < -0.4 is 0 Å². The molecule has 138 valence electrons. The lowest BCUT2D eigenvalue weighted by molar-refractivity contribution is -0.141. The molecule has 7 nitrogen and oxygen atoms in total.